The van der Waals surface area contributed by atoms with Crippen LogP contribution in [0.1, 0.15) is 48.6 Å². The summed E-state index contributed by atoms with van der Waals surface area (Å²) in [5.74, 6) is -3.18. The molecular formula is C22H23F5N2O3S. The summed E-state index contributed by atoms with van der Waals surface area (Å²) in [4.78, 5) is 12.7. The highest BCUT2D eigenvalue weighted by Gasteiger charge is 2.56. The number of sulfonamides is 1. The highest BCUT2D eigenvalue weighted by atomic mass is 32.2. The predicted octanol–water partition coefficient (Wildman–Crippen LogP) is 4.82. The number of rotatable bonds is 6. The van der Waals surface area contributed by atoms with Crippen molar-refractivity contribution < 1.29 is 35.2 Å². The van der Waals surface area contributed by atoms with Crippen LogP contribution in [0.25, 0.3) is 0 Å². The maximum atomic E-state index is 14.6. The summed E-state index contributed by atoms with van der Waals surface area (Å²) >= 11 is 0. The highest BCUT2D eigenvalue weighted by molar-refractivity contribution is 7.92. The van der Waals surface area contributed by atoms with Crippen molar-refractivity contribution >= 4 is 21.6 Å². The van der Waals surface area contributed by atoms with E-state index in [2.05, 4.69) is 10.0 Å². The number of aryl methyl sites for hydroxylation is 1. The second-order valence-corrected chi connectivity index (χ2v) is 10.4. The lowest BCUT2D eigenvalue weighted by molar-refractivity contribution is -0.140. The maximum absolute atomic E-state index is 14.6. The zero-order valence-electron chi connectivity index (χ0n) is 18.3. The van der Waals surface area contributed by atoms with Gasteiger partial charge in [0.1, 0.15) is 11.6 Å². The van der Waals surface area contributed by atoms with Crippen LogP contribution in [0.5, 0.6) is 0 Å². The van der Waals surface area contributed by atoms with E-state index >= 15 is 0 Å². The third-order valence-corrected chi connectivity index (χ3v) is 6.54. The fraction of sp³-hybridized carbons (Fsp3) is 0.409. The van der Waals surface area contributed by atoms with E-state index in [0.29, 0.717) is 18.1 Å². The van der Waals surface area contributed by atoms with E-state index in [9.17, 15) is 35.2 Å². The third-order valence-electron chi connectivity index (χ3n) is 5.95. The Kier molecular flexibility index (Phi) is 6.25. The summed E-state index contributed by atoms with van der Waals surface area (Å²) in [7, 11) is -3.60. The van der Waals surface area contributed by atoms with E-state index < -0.39 is 56.7 Å². The number of alkyl halides is 3. The lowest BCUT2D eigenvalue weighted by atomic mass is 9.93. The zero-order chi connectivity index (χ0) is 24.9. The maximum Gasteiger partial charge on any atom is 0.419 e. The number of amides is 1. The Hall–Kier alpha value is -2.69. The summed E-state index contributed by atoms with van der Waals surface area (Å²) in [6, 6.07) is 4.31. The molecule has 3 atom stereocenters. The number of halogens is 5. The Bertz CT molecular complexity index is 1210. The van der Waals surface area contributed by atoms with Crippen molar-refractivity contribution in [2.45, 2.75) is 44.8 Å². The van der Waals surface area contributed by atoms with Crippen molar-refractivity contribution in [3.05, 3.63) is 64.2 Å². The molecule has 1 amide bonds. The molecule has 0 aromatic heterocycles. The van der Waals surface area contributed by atoms with Crippen LogP contribution in [0.2, 0.25) is 0 Å². The van der Waals surface area contributed by atoms with Crippen molar-refractivity contribution in [1.29, 1.82) is 0 Å². The first kappa shape index (κ1) is 24.9. The van der Waals surface area contributed by atoms with Crippen molar-refractivity contribution in [2.24, 2.45) is 5.92 Å². The summed E-state index contributed by atoms with van der Waals surface area (Å²) < 4.78 is 92.0. The number of carbonyl (C=O) groups excluding carboxylic acids is 1. The molecular weight excluding hydrogens is 467 g/mol. The Morgan fingerprint density at radius 2 is 1.79 bits per heavy atom. The van der Waals surface area contributed by atoms with Crippen LogP contribution < -0.4 is 10.0 Å². The SMILES string of the molecule is Cc1cc(C(C)NC(=O)[C@@H]2CC2(C)c2ccc(C(F)(F)F)c(F)c2)c(F)cc1NS(C)(=O)=O. The first-order chi connectivity index (χ1) is 15.0. The van der Waals surface area contributed by atoms with Crippen LogP contribution in [-0.4, -0.2) is 20.6 Å². The number of hydrogen-bond donors (Lipinski definition) is 2. The molecule has 1 fully saturated rings. The van der Waals surface area contributed by atoms with Gasteiger partial charge in [0, 0.05) is 16.9 Å². The predicted molar refractivity (Wildman–Crippen MR) is 113 cm³/mol. The standard InChI is InChI=1S/C22H23F5N2O3S/c1-11-7-14(17(23)9-19(11)29-33(4,31)32)12(2)28-20(30)16-10-21(16,3)13-5-6-15(18(24)8-13)22(25,26)27/h5-9,12,16,29H,10H2,1-4H3,(H,28,30)/t12?,16-,21?/m0/s1. The van der Waals surface area contributed by atoms with Crippen molar-refractivity contribution in [1.82, 2.24) is 5.32 Å². The van der Waals surface area contributed by atoms with Gasteiger partial charge in [-0.25, -0.2) is 17.2 Å². The van der Waals surface area contributed by atoms with E-state index in [1.165, 1.54) is 12.1 Å². The van der Waals surface area contributed by atoms with Gasteiger partial charge in [-0.3, -0.25) is 9.52 Å². The van der Waals surface area contributed by atoms with Gasteiger partial charge in [0.25, 0.3) is 0 Å². The number of nitrogens with one attached hydrogen (secondary N) is 2. The topological polar surface area (TPSA) is 75.3 Å². The molecule has 0 radical (unpaired) electrons. The Labute approximate surface area is 188 Å². The van der Waals surface area contributed by atoms with E-state index in [1.54, 1.807) is 20.8 Å². The number of hydrogen-bond acceptors (Lipinski definition) is 3. The molecule has 1 aliphatic rings. The third kappa shape index (κ3) is 5.29. The molecule has 0 heterocycles. The van der Waals surface area contributed by atoms with Crippen molar-refractivity contribution in [3.8, 4) is 0 Å². The van der Waals surface area contributed by atoms with Crippen LogP contribution in [0.15, 0.2) is 30.3 Å². The lowest BCUT2D eigenvalue weighted by Crippen LogP contribution is -2.31. The minimum atomic E-state index is -4.81. The summed E-state index contributed by atoms with van der Waals surface area (Å²) in [6.45, 7) is 4.79. The van der Waals surface area contributed by atoms with E-state index in [0.717, 1.165) is 18.4 Å². The fourth-order valence-corrected chi connectivity index (χ4v) is 4.52. The largest absolute Gasteiger partial charge is 0.419 e. The molecule has 2 aromatic carbocycles. The average molecular weight is 490 g/mol. The molecule has 33 heavy (non-hydrogen) atoms. The number of carbonyl (C=O) groups is 1. The van der Waals surface area contributed by atoms with Gasteiger partial charge in [-0.05, 0) is 55.7 Å². The average Bonchev–Trinajstić information content (AvgIpc) is 3.35. The minimum Gasteiger partial charge on any atom is -0.349 e. The normalized spacial score (nSPS) is 21.4. The molecule has 1 saturated carbocycles. The molecule has 0 saturated heterocycles. The van der Waals surface area contributed by atoms with E-state index in [1.807, 2.05) is 0 Å². The van der Waals surface area contributed by atoms with Gasteiger partial charge in [-0.15, -0.1) is 0 Å². The number of anilines is 1. The molecule has 2 N–H and O–H groups in total. The van der Waals surface area contributed by atoms with Gasteiger partial charge in [-0.2, -0.15) is 13.2 Å². The van der Waals surface area contributed by atoms with Gasteiger partial charge < -0.3 is 5.32 Å². The Balaban J connectivity index is 1.74. The first-order valence-electron chi connectivity index (χ1n) is 9.98. The first-order valence-corrected chi connectivity index (χ1v) is 11.9. The summed E-state index contributed by atoms with van der Waals surface area (Å²) in [5, 5.41) is 2.68. The van der Waals surface area contributed by atoms with Gasteiger partial charge in [0.2, 0.25) is 15.9 Å². The monoisotopic (exact) mass is 490 g/mol. The molecule has 0 aliphatic heterocycles. The van der Waals surface area contributed by atoms with Crippen LogP contribution in [0.3, 0.4) is 0 Å². The second kappa shape index (κ2) is 8.27. The lowest BCUT2D eigenvalue weighted by Gasteiger charge is -2.19. The van der Waals surface area contributed by atoms with Crippen LogP contribution >= 0.6 is 0 Å². The molecule has 2 aromatic rings. The van der Waals surface area contributed by atoms with Crippen molar-refractivity contribution in [3.63, 3.8) is 0 Å². The van der Waals surface area contributed by atoms with Crippen LogP contribution in [0, 0.1) is 24.5 Å². The molecule has 2 unspecified atom stereocenters. The summed E-state index contributed by atoms with van der Waals surface area (Å²) in [5.41, 5.74) is -1.26. The summed E-state index contributed by atoms with van der Waals surface area (Å²) in [6.07, 6.45) is -3.57. The molecule has 0 spiro atoms. The number of benzene rings is 2. The highest BCUT2D eigenvalue weighted by Crippen LogP contribution is 2.54. The smallest absolute Gasteiger partial charge is 0.349 e. The molecule has 11 heteroatoms. The quantitative estimate of drug-likeness (QED) is 0.571. The van der Waals surface area contributed by atoms with Gasteiger partial charge in [0.05, 0.1) is 23.5 Å². The molecule has 1 aliphatic carbocycles. The van der Waals surface area contributed by atoms with Gasteiger partial charge >= 0.3 is 6.18 Å². The zero-order valence-corrected chi connectivity index (χ0v) is 19.1. The second-order valence-electron chi connectivity index (χ2n) is 8.66. The molecule has 5 nitrogen and oxygen atoms in total. The van der Waals surface area contributed by atoms with Crippen molar-refractivity contribution in [2.75, 3.05) is 11.0 Å². The Morgan fingerprint density at radius 3 is 2.33 bits per heavy atom. The van der Waals surface area contributed by atoms with E-state index in [4.69, 9.17) is 0 Å². The van der Waals surface area contributed by atoms with Gasteiger partial charge in [-0.1, -0.05) is 13.0 Å². The van der Waals surface area contributed by atoms with Gasteiger partial charge in [0.15, 0.2) is 0 Å². The van der Waals surface area contributed by atoms with E-state index in [-0.39, 0.29) is 16.8 Å². The fourth-order valence-electron chi connectivity index (χ4n) is 3.90. The molecule has 3 rings (SSSR count). The molecule has 180 valence electrons. The minimum absolute atomic E-state index is 0.0800. The van der Waals surface area contributed by atoms with Crippen LogP contribution in [-0.2, 0) is 26.4 Å². The Morgan fingerprint density at radius 1 is 1.15 bits per heavy atom. The van der Waals surface area contributed by atoms with Crippen LogP contribution in [0.4, 0.5) is 27.6 Å². The molecule has 0 bridgehead atoms.